The van der Waals surface area contributed by atoms with E-state index in [4.69, 9.17) is 14.2 Å². The molecule has 0 aromatic carbocycles. The van der Waals surface area contributed by atoms with E-state index in [1.165, 1.54) is 89.9 Å². The van der Waals surface area contributed by atoms with Crippen LogP contribution in [0.5, 0.6) is 0 Å². The number of rotatable bonds is 51. The van der Waals surface area contributed by atoms with E-state index >= 15 is 0 Å². The number of carbonyl (C=O) groups excluding carboxylic acids is 3. The van der Waals surface area contributed by atoms with Crippen molar-refractivity contribution in [2.75, 3.05) is 13.2 Å². The van der Waals surface area contributed by atoms with Crippen LogP contribution in [-0.4, -0.2) is 37.2 Å². The number of carbonyl (C=O) groups is 3. The quantitative estimate of drug-likeness (QED) is 0.0261. The van der Waals surface area contributed by atoms with Gasteiger partial charge in [-0.2, -0.15) is 0 Å². The van der Waals surface area contributed by atoms with Crippen molar-refractivity contribution in [2.45, 2.75) is 258 Å². The van der Waals surface area contributed by atoms with Gasteiger partial charge in [0.1, 0.15) is 13.2 Å². The van der Waals surface area contributed by atoms with Gasteiger partial charge in [0.05, 0.1) is 0 Å². The summed E-state index contributed by atoms with van der Waals surface area (Å²) in [5.41, 5.74) is 0. The normalized spacial score (nSPS) is 13.0. The number of hydrogen-bond acceptors (Lipinski definition) is 6. The first-order valence-electron chi connectivity index (χ1n) is 29.0. The molecule has 71 heavy (non-hydrogen) atoms. The molecule has 0 rings (SSSR count). The smallest absolute Gasteiger partial charge is 0.306 e. The van der Waals surface area contributed by atoms with E-state index in [1.807, 2.05) is 0 Å². The van der Waals surface area contributed by atoms with Crippen LogP contribution in [0.25, 0.3) is 0 Å². The topological polar surface area (TPSA) is 78.9 Å². The molecule has 0 heterocycles. The van der Waals surface area contributed by atoms with Gasteiger partial charge in [0.15, 0.2) is 6.10 Å². The lowest BCUT2D eigenvalue weighted by Crippen LogP contribution is -2.30. The second-order valence-corrected chi connectivity index (χ2v) is 18.8. The van der Waals surface area contributed by atoms with E-state index in [-0.39, 0.29) is 37.5 Å². The molecular weight excluding hydrogens is 877 g/mol. The maximum Gasteiger partial charge on any atom is 0.306 e. The highest BCUT2D eigenvalue weighted by Gasteiger charge is 2.19. The number of esters is 3. The molecule has 0 spiro atoms. The zero-order valence-electron chi connectivity index (χ0n) is 45.9. The molecule has 0 saturated heterocycles. The summed E-state index contributed by atoms with van der Waals surface area (Å²) >= 11 is 0. The molecule has 0 fully saturated rings. The highest BCUT2D eigenvalue weighted by atomic mass is 16.6. The standard InChI is InChI=1S/C65H106O6/c1-4-7-10-13-16-19-22-25-28-31-32-35-37-40-43-46-49-52-55-58-64(67)70-61-62(71-65(68)59-56-53-50-47-44-41-38-34-30-27-24-21-18-15-12-9-6-3)60-69-63(66)57-54-51-48-45-42-39-36-33-29-26-23-20-17-14-11-8-5-2/h7,9-10,12,16,18-19,21,25,27-28,30,32,35,38,40-41,43,47,50,62H,4-6,8,11,13-15,17,20,22-24,26,29,31,33-34,36-37,39,42,44-46,48-49,51-61H2,1-3H3/b10-7-,12-9-,19-16-,21-18-,28-25-,30-27-,35-32-,41-38-,43-40-,50-47-. The Kier molecular flexibility index (Phi) is 54.9. The van der Waals surface area contributed by atoms with Crippen molar-refractivity contribution in [3.05, 3.63) is 122 Å². The monoisotopic (exact) mass is 983 g/mol. The summed E-state index contributed by atoms with van der Waals surface area (Å²) in [6.07, 6.45) is 80.5. The molecule has 1 unspecified atom stereocenters. The van der Waals surface area contributed by atoms with E-state index in [0.29, 0.717) is 19.3 Å². The fourth-order valence-corrected chi connectivity index (χ4v) is 7.68. The van der Waals surface area contributed by atoms with Crippen molar-refractivity contribution in [1.82, 2.24) is 0 Å². The lowest BCUT2D eigenvalue weighted by molar-refractivity contribution is -0.167. The summed E-state index contributed by atoms with van der Waals surface area (Å²) in [5.74, 6) is -1.00. The Balaban J connectivity index is 4.53. The van der Waals surface area contributed by atoms with Gasteiger partial charge in [-0.25, -0.2) is 0 Å². The van der Waals surface area contributed by atoms with Crippen LogP contribution in [0, 0.1) is 0 Å². The van der Waals surface area contributed by atoms with Crippen LogP contribution in [0.2, 0.25) is 0 Å². The Morgan fingerprint density at radius 1 is 0.296 bits per heavy atom. The summed E-state index contributed by atoms with van der Waals surface area (Å²) in [7, 11) is 0. The second-order valence-electron chi connectivity index (χ2n) is 18.8. The molecule has 0 aliphatic heterocycles. The van der Waals surface area contributed by atoms with Crippen LogP contribution in [-0.2, 0) is 28.6 Å². The predicted molar refractivity (Wildman–Crippen MR) is 306 cm³/mol. The minimum atomic E-state index is -0.824. The average molecular weight is 984 g/mol. The van der Waals surface area contributed by atoms with E-state index < -0.39 is 6.10 Å². The van der Waals surface area contributed by atoms with E-state index in [9.17, 15) is 14.4 Å². The average Bonchev–Trinajstić information content (AvgIpc) is 3.37. The zero-order chi connectivity index (χ0) is 51.4. The molecule has 1 atom stereocenters. The van der Waals surface area contributed by atoms with Gasteiger partial charge in [0.2, 0.25) is 0 Å². The molecular formula is C65H106O6. The van der Waals surface area contributed by atoms with Crippen LogP contribution < -0.4 is 0 Å². The Morgan fingerprint density at radius 2 is 0.563 bits per heavy atom. The molecule has 0 aliphatic carbocycles. The summed E-state index contributed by atoms with van der Waals surface area (Å²) in [4.78, 5) is 38.2. The first-order valence-corrected chi connectivity index (χ1v) is 29.0. The second kappa shape index (κ2) is 58.4. The minimum Gasteiger partial charge on any atom is -0.462 e. The number of allylic oxidation sites excluding steroid dienone is 20. The summed E-state index contributed by atoms with van der Waals surface area (Å²) in [6, 6.07) is 0. The Morgan fingerprint density at radius 3 is 0.901 bits per heavy atom. The Labute approximate surface area is 437 Å². The van der Waals surface area contributed by atoms with Gasteiger partial charge in [0.25, 0.3) is 0 Å². The maximum absolute atomic E-state index is 12.8. The third kappa shape index (κ3) is 56.6. The lowest BCUT2D eigenvalue weighted by Gasteiger charge is -2.18. The number of unbranched alkanes of at least 4 members (excludes halogenated alkanes) is 20. The minimum absolute atomic E-state index is 0.112. The van der Waals surface area contributed by atoms with Crippen molar-refractivity contribution in [3.8, 4) is 0 Å². The van der Waals surface area contributed by atoms with Gasteiger partial charge in [-0.3, -0.25) is 14.4 Å². The van der Waals surface area contributed by atoms with E-state index in [0.717, 1.165) is 116 Å². The third-order valence-electron chi connectivity index (χ3n) is 12.0. The third-order valence-corrected chi connectivity index (χ3v) is 12.0. The van der Waals surface area contributed by atoms with Crippen LogP contribution in [0.3, 0.4) is 0 Å². The summed E-state index contributed by atoms with van der Waals surface area (Å²) < 4.78 is 16.8. The van der Waals surface area contributed by atoms with Gasteiger partial charge in [-0.15, -0.1) is 0 Å². The van der Waals surface area contributed by atoms with Gasteiger partial charge < -0.3 is 14.2 Å². The molecule has 0 amide bonds. The number of ether oxygens (including phenoxy) is 3. The van der Waals surface area contributed by atoms with Gasteiger partial charge in [-0.05, 0) is 103 Å². The fourth-order valence-electron chi connectivity index (χ4n) is 7.68. The molecule has 0 bridgehead atoms. The largest absolute Gasteiger partial charge is 0.462 e. The predicted octanol–water partition coefficient (Wildman–Crippen LogP) is 19.6. The first-order chi connectivity index (χ1) is 35.0. The van der Waals surface area contributed by atoms with Crippen molar-refractivity contribution >= 4 is 17.9 Å². The van der Waals surface area contributed by atoms with Crippen molar-refractivity contribution in [1.29, 1.82) is 0 Å². The van der Waals surface area contributed by atoms with Crippen LogP contribution in [0.1, 0.15) is 252 Å². The molecule has 6 nitrogen and oxygen atoms in total. The van der Waals surface area contributed by atoms with Crippen molar-refractivity contribution in [2.24, 2.45) is 0 Å². The van der Waals surface area contributed by atoms with Crippen molar-refractivity contribution < 1.29 is 28.6 Å². The van der Waals surface area contributed by atoms with E-state index in [1.54, 1.807) is 0 Å². The highest BCUT2D eigenvalue weighted by Crippen LogP contribution is 2.15. The molecule has 0 saturated carbocycles. The zero-order valence-corrected chi connectivity index (χ0v) is 45.9. The Bertz CT molecular complexity index is 1500. The molecule has 402 valence electrons. The molecule has 0 aromatic heterocycles. The SMILES string of the molecule is CC/C=C\C/C=C\C/C=C\C/C=C\C/C=C\CCCCCC(=O)OCC(COC(=O)CCCCCCCCCCCCCCCCCCC)OC(=O)CCC/C=C\C/C=C\C/C=C\C/C=C\C/C=C\CC. The molecule has 0 N–H and O–H groups in total. The van der Waals surface area contributed by atoms with Crippen LogP contribution in [0.4, 0.5) is 0 Å². The maximum atomic E-state index is 12.8. The molecule has 0 radical (unpaired) electrons. The van der Waals surface area contributed by atoms with Gasteiger partial charge in [0, 0.05) is 19.3 Å². The van der Waals surface area contributed by atoms with Gasteiger partial charge in [-0.1, -0.05) is 251 Å². The highest BCUT2D eigenvalue weighted by molar-refractivity contribution is 5.71. The first kappa shape index (κ1) is 66.8. The number of hydrogen-bond donors (Lipinski definition) is 0. The summed E-state index contributed by atoms with van der Waals surface area (Å²) in [6.45, 7) is 6.34. The summed E-state index contributed by atoms with van der Waals surface area (Å²) in [5, 5.41) is 0. The van der Waals surface area contributed by atoms with E-state index in [2.05, 4.69) is 142 Å². The fraction of sp³-hybridized carbons (Fsp3) is 0.646. The van der Waals surface area contributed by atoms with Gasteiger partial charge >= 0.3 is 17.9 Å². The molecule has 0 aliphatic rings. The Hall–Kier alpha value is -4.19. The molecule has 6 heteroatoms. The lowest BCUT2D eigenvalue weighted by atomic mass is 10.0. The van der Waals surface area contributed by atoms with Crippen LogP contribution >= 0.6 is 0 Å². The van der Waals surface area contributed by atoms with Crippen molar-refractivity contribution in [3.63, 3.8) is 0 Å². The molecule has 0 aromatic rings. The van der Waals surface area contributed by atoms with Crippen LogP contribution in [0.15, 0.2) is 122 Å².